The molecule has 0 rings (SSSR count). The summed E-state index contributed by atoms with van der Waals surface area (Å²) in [6, 6.07) is 0. The quantitative estimate of drug-likeness (QED) is 0.455. The second-order valence-electron chi connectivity index (χ2n) is 3.77. The first-order valence-corrected chi connectivity index (χ1v) is 11.4. The Morgan fingerprint density at radius 1 is 0.500 bits per heavy atom. The molecular formula is C6H6F11Sb. The topological polar surface area (TPSA) is 0 Å². The van der Waals surface area contributed by atoms with Crippen molar-refractivity contribution in [1.82, 2.24) is 0 Å². The van der Waals surface area contributed by atoms with E-state index >= 15 is 0 Å². The molecule has 0 aromatic heterocycles. The minimum absolute atomic E-state index is 3.29. The fourth-order valence-corrected chi connectivity index (χ4v) is 8.95. The van der Waals surface area contributed by atoms with Gasteiger partial charge in [-0.2, -0.15) is 0 Å². The Morgan fingerprint density at radius 2 is 0.667 bits per heavy atom. The molecule has 0 spiro atoms. The Morgan fingerprint density at radius 3 is 0.778 bits per heavy atom. The van der Waals surface area contributed by atoms with Crippen LogP contribution in [0.15, 0.2) is 0 Å². The van der Waals surface area contributed by atoms with Crippen LogP contribution in [0.3, 0.4) is 0 Å². The Hall–Kier alpha value is 0.0482. The van der Waals surface area contributed by atoms with Crippen LogP contribution in [0.25, 0.3) is 0 Å². The molecule has 0 aliphatic heterocycles. The first-order chi connectivity index (χ1) is 7.40. The molecule has 18 heavy (non-hydrogen) atoms. The molecule has 0 fully saturated rings. The van der Waals surface area contributed by atoms with Crippen LogP contribution in [0.2, 0.25) is 13.1 Å². The summed E-state index contributed by atoms with van der Waals surface area (Å²) in [5, 5.41) is 0. The first-order valence-electron chi connectivity index (χ1n) is 4.05. The summed E-state index contributed by atoms with van der Waals surface area (Å²) in [7, 11) is 0. The monoisotopic (exact) mass is 408 g/mol. The summed E-state index contributed by atoms with van der Waals surface area (Å²) in [6.45, 7) is 0. The molecule has 112 valence electrons. The van der Waals surface area contributed by atoms with Gasteiger partial charge in [0.1, 0.15) is 0 Å². The Balaban J connectivity index is 5.38. The molecule has 0 atom stereocenters. The van der Waals surface area contributed by atoms with Gasteiger partial charge in [0.2, 0.25) is 0 Å². The van der Waals surface area contributed by atoms with Gasteiger partial charge in [-0.15, -0.1) is 0 Å². The summed E-state index contributed by atoms with van der Waals surface area (Å²) in [5.74, 6) is 0. The second-order valence-corrected chi connectivity index (χ2v) is 14.8. The zero-order chi connectivity index (χ0) is 15.1. The fourth-order valence-electron chi connectivity index (χ4n) is 1.33. The molecule has 0 bridgehead atoms. The van der Waals surface area contributed by atoms with Gasteiger partial charge in [0, 0.05) is 0 Å². The predicted octanol–water partition coefficient (Wildman–Crippen LogP) is 5.01. The Bertz CT molecular complexity index is 247. The summed E-state index contributed by atoms with van der Waals surface area (Å²) < 4.78 is 123. The van der Waals surface area contributed by atoms with Crippen molar-refractivity contribution in [2.24, 2.45) is 0 Å². The van der Waals surface area contributed by atoms with E-state index in [4.69, 9.17) is 0 Å². The van der Waals surface area contributed by atoms with Gasteiger partial charge in [0.15, 0.2) is 0 Å². The van der Waals surface area contributed by atoms with Crippen LogP contribution < -0.4 is 0 Å². The minimum atomic E-state index is -8.91. The second kappa shape index (κ2) is 4.55. The van der Waals surface area contributed by atoms with Gasteiger partial charge >= 0.3 is 95.3 Å². The van der Waals surface area contributed by atoms with Crippen LogP contribution in [0.5, 0.6) is 0 Å². The van der Waals surface area contributed by atoms with Gasteiger partial charge in [-0.05, 0) is 0 Å². The van der Waals surface area contributed by atoms with Crippen LogP contribution in [0, 0.1) is 0 Å². The van der Waals surface area contributed by atoms with E-state index in [1.165, 1.54) is 0 Å². The Kier molecular flexibility index (Phi) is 4.57. The van der Waals surface area contributed by atoms with Gasteiger partial charge in [-0.3, -0.25) is 0 Å². The van der Waals surface area contributed by atoms with E-state index in [0.29, 0.717) is 0 Å². The van der Waals surface area contributed by atoms with Crippen LogP contribution in [0.4, 0.5) is 45.1 Å². The van der Waals surface area contributed by atoms with Crippen LogP contribution in [-0.2, 0) is 0 Å². The normalized spacial score (nSPS) is 17.4. The third-order valence-electron chi connectivity index (χ3n) is 1.57. The average Bonchev–Trinajstić information content (AvgIpc) is 1.62. The number of rotatable bonds is 3. The van der Waals surface area contributed by atoms with Gasteiger partial charge in [-0.25, -0.2) is 0 Å². The number of halogens is 11. The summed E-state index contributed by atoms with van der Waals surface area (Å²) in [5.41, 5.74) is 0. The average molecular weight is 409 g/mol. The molecule has 0 unspecified atom stereocenters. The molecule has 0 aromatic rings. The van der Waals surface area contributed by atoms with E-state index in [1.54, 1.807) is 0 Å². The molecular weight excluding hydrogens is 403 g/mol. The standard InChI is InChI=1S/3C2H2F3.2FH.Sb/c3*1-2(3,4)5;;;/h3*1H2;2*1H;/q;;;;;+2/p-2. The molecule has 0 nitrogen and oxygen atoms in total. The van der Waals surface area contributed by atoms with Crippen molar-refractivity contribution >= 4 is 18.6 Å². The molecule has 12 heteroatoms. The molecule has 0 amide bonds. The molecule has 0 radical (unpaired) electrons. The van der Waals surface area contributed by atoms with Crippen molar-refractivity contribution in [2.45, 2.75) is 31.6 Å². The molecule has 0 saturated heterocycles. The maximum absolute atomic E-state index is 13.3. The molecule has 0 aliphatic rings. The molecule has 0 saturated carbocycles. The predicted molar refractivity (Wildman–Crippen MR) is 40.6 cm³/mol. The van der Waals surface area contributed by atoms with Crippen molar-refractivity contribution in [3.63, 3.8) is 0 Å². The molecule has 0 heterocycles. The van der Waals surface area contributed by atoms with Crippen molar-refractivity contribution in [3.8, 4) is 0 Å². The summed E-state index contributed by atoms with van der Waals surface area (Å²) >= 11 is -8.91. The van der Waals surface area contributed by atoms with Crippen LogP contribution >= 0.6 is 0 Å². The fraction of sp³-hybridized carbons (Fsp3) is 1.00. The van der Waals surface area contributed by atoms with Gasteiger partial charge in [-0.1, -0.05) is 0 Å². The number of alkyl halides is 9. The summed E-state index contributed by atoms with van der Waals surface area (Å²) in [4.78, 5) is 0. The van der Waals surface area contributed by atoms with Gasteiger partial charge < -0.3 is 0 Å². The van der Waals surface area contributed by atoms with Gasteiger partial charge in [0.25, 0.3) is 0 Å². The SMILES string of the molecule is FC(F)(F)[CH2][Sb]([F])([F])([CH2]C(F)(F)F)[CH2]C(F)(F)F. The first kappa shape index (κ1) is 18.0. The van der Waals surface area contributed by atoms with Crippen molar-refractivity contribution < 1.29 is 45.1 Å². The molecule has 0 aromatic carbocycles. The van der Waals surface area contributed by atoms with Crippen molar-refractivity contribution in [3.05, 3.63) is 0 Å². The van der Waals surface area contributed by atoms with E-state index < -0.39 is 50.2 Å². The van der Waals surface area contributed by atoms with Crippen LogP contribution in [0.1, 0.15) is 0 Å². The van der Waals surface area contributed by atoms with E-state index in [0.717, 1.165) is 0 Å². The van der Waals surface area contributed by atoms with E-state index in [1.807, 2.05) is 0 Å². The maximum atomic E-state index is 13.3. The summed E-state index contributed by atoms with van der Waals surface area (Å²) in [6.07, 6.45) is -17.3. The molecule has 0 aliphatic carbocycles. The van der Waals surface area contributed by atoms with Gasteiger partial charge in [0.05, 0.1) is 0 Å². The third kappa shape index (κ3) is 8.20. The van der Waals surface area contributed by atoms with Crippen molar-refractivity contribution in [2.75, 3.05) is 0 Å². The Labute approximate surface area is 95.8 Å². The van der Waals surface area contributed by atoms with Crippen LogP contribution in [-0.4, -0.2) is 37.1 Å². The number of hydrogen-bond donors (Lipinski definition) is 0. The van der Waals surface area contributed by atoms with E-state index in [9.17, 15) is 45.1 Å². The molecule has 0 N–H and O–H groups in total. The zero-order valence-corrected chi connectivity index (χ0v) is 10.8. The van der Waals surface area contributed by atoms with E-state index in [-0.39, 0.29) is 0 Å². The zero-order valence-electron chi connectivity index (χ0n) is 8.23. The van der Waals surface area contributed by atoms with E-state index in [2.05, 4.69) is 0 Å². The number of hydrogen-bond acceptors (Lipinski definition) is 0. The third-order valence-corrected chi connectivity index (χ3v) is 10.5. The van der Waals surface area contributed by atoms with Crippen molar-refractivity contribution in [1.29, 1.82) is 0 Å².